The number of benzene rings is 3. The number of hydrogen-bond acceptors (Lipinski definition) is 13. The molecule has 3 amide bonds. The van der Waals surface area contributed by atoms with Crippen LogP contribution < -0.4 is 44.1 Å². The number of amides is 3. The number of nitrogens with zero attached hydrogens (tertiary/aromatic N) is 6. The summed E-state index contributed by atoms with van der Waals surface area (Å²) in [7, 11) is 0. The number of hydrogen-bond donors (Lipinski definition) is 6. The molecule has 0 saturated carbocycles. The minimum atomic E-state index is -1.04. The number of halogens is 5. The molecule has 0 fully saturated rings. The molecule has 0 aliphatic carbocycles. The molecule has 3 aromatic carbocycles. The first-order chi connectivity index (χ1) is 35.1. The molecule has 8 N–H and O–H groups in total. The van der Waals surface area contributed by atoms with E-state index in [1.807, 2.05) is 6.07 Å². The van der Waals surface area contributed by atoms with Crippen molar-refractivity contribution in [1.29, 1.82) is 0 Å². The van der Waals surface area contributed by atoms with Gasteiger partial charge in [0.1, 0.15) is 68.4 Å². The second-order valence-corrected chi connectivity index (χ2v) is 18.0. The first-order valence-corrected chi connectivity index (χ1v) is 23.4. The summed E-state index contributed by atoms with van der Waals surface area (Å²) in [5, 5.41) is 10.4. The van der Waals surface area contributed by atoms with Gasteiger partial charge < -0.3 is 32.4 Å². The molecule has 19 nitrogen and oxygen atoms in total. The normalized spacial score (nSPS) is 15.5. The molecule has 2 aliphatic heterocycles. The van der Waals surface area contributed by atoms with Crippen molar-refractivity contribution >= 4 is 98.8 Å². The molecule has 2 unspecified atom stereocenters. The second-order valence-electron chi connectivity index (χ2n) is 15.9. The Balaban J connectivity index is 0.000000163. The fourth-order valence-corrected chi connectivity index (χ4v) is 8.00. The largest absolute Gasteiger partial charge is 0.384 e. The van der Waals surface area contributed by atoms with E-state index in [1.54, 1.807) is 117 Å². The molecule has 0 saturated heterocycles. The highest BCUT2D eigenvalue weighted by molar-refractivity contribution is 6.32. The summed E-state index contributed by atoms with van der Waals surface area (Å²) in [4.78, 5) is 99.3. The van der Waals surface area contributed by atoms with Crippen molar-refractivity contribution in [2.75, 3.05) is 11.1 Å². The molecule has 10 rings (SSSR count). The number of carbonyl (C=O) groups excluding carboxylic acids is 4. The number of H-pyrrole nitrogens is 1. The predicted octanol–water partition coefficient (Wildman–Crippen LogP) is 7.85. The van der Waals surface area contributed by atoms with Crippen LogP contribution in [0.3, 0.4) is 0 Å². The minimum absolute atomic E-state index is 0.0370. The Labute approximate surface area is 445 Å². The van der Waals surface area contributed by atoms with E-state index in [9.17, 15) is 33.6 Å². The Morgan fingerprint density at radius 3 is 1.57 bits per heavy atom. The maximum Gasteiger partial charge on any atom is 0.277 e. The van der Waals surface area contributed by atoms with E-state index in [4.69, 9.17) is 69.5 Å². The lowest BCUT2D eigenvalue weighted by molar-refractivity contribution is 0.0932. The smallest absolute Gasteiger partial charge is 0.277 e. The molecular weight excluding hydrogens is 1060 g/mol. The van der Waals surface area contributed by atoms with Gasteiger partial charge in [-0.2, -0.15) is 0 Å². The highest BCUT2D eigenvalue weighted by atomic mass is 35.5. The van der Waals surface area contributed by atoms with E-state index < -0.39 is 28.4 Å². The molecule has 7 heterocycles. The summed E-state index contributed by atoms with van der Waals surface area (Å²) in [6.07, 6.45) is 5.97. The van der Waals surface area contributed by atoms with Gasteiger partial charge in [-0.3, -0.25) is 42.7 Å². The number of rotatable bonds is 6. The summed E-state index contributed by atoms with van der Waals surface area (Å²) < 4.78 is 2.80. The molecular formula is C50H41Cl5N12O7. The van der Waals surface area contributed by atoms with Crippen LogP contribution in [-0.2, 0) is 11.3 Å². The maximum absolute atomic E-state index is 13.1. The zero-order valence-electron chi connectivity index (χ0n) is 38.9. The van der Waals surface area contributed by atoms with E-state index >= 15 is 0 Å². The molecule has 24 heteroatoms. The monoisotopic (exact) mass is 1100 g/mol. The topological polar surface area (TPSA) is 285 Å². The van der Waals surface area contributed by atoms with E-state index in [0.717, 1.165) is 0 Å². The first-order valence-electron chi connectivity index (χ1n) is 21.5. The molecule has 74 heavy (non-hydrogen) atoms. The van der Waals surface area contributed by atoms with Crippen LogP contribution in [-0.4, -0.2) is 57.6 Å². The van der Waals surface area contributed by atoms with Crippen LogP contribution in [0, 0.1) is 0 Å². The number of pyridine rings is 3. The van der Waals surface area contributed by atoms with Crippen LogP contribution in [0.25, 0.3) is 0 Å². The quantitative estimate of drug-likeness (QED) is 0.0866. The van der Waals surface area contributed by atoms with Crippen LogP contribution in [0.5, 0.6) is 0 Å². The Hall–Kier alpha value is -8.20. The zero-order valence-corrected chi connectivity index (χ0v) is 42.7. The molecule has 5 aromatic heterocycles. The van der Waals surface area contributed by atoms with Gasteiger partial charge >= 0.3 is 0 Å². The lowest BCUT2D eigenvalue weighted by Crippen LogP contribution is -2.45. The van der Waals surface area contributed by atoms with Gasteiger partial charge in [-0.05, 0) is 117 Å². The van der Waals surface area contributed by atoms with Gasteiger partial charge in [0.15, 0.2) is 5.78 Å². The van der Waals surface area contributed by atoms with Crippen molar-refractivity contribution in [3.63, 3.8) is 0 Å². The van der Waals surface area contributed by atoms with Gasteiger partial charge in [-0.15, -0.1) is 0 Å². The van der Waals surface area contributed by atoms with E-state index in [1.165, 1.54) is 53.0 Å². The number of fused-ring (bicyclic) bond motifs is 2. The number of nitrogens with two attached hydrogens (primary N) is 2. The molecule has 0 spiro atoms. The van der Waals surface area contributed by atoms with Crippen molar-refractivity contribution < 1.29 is 19.2 Å². The minimum Gasteiger partial charge on any atom is -0.384 e. The lowest BCUT2D eigenvalue weighted by Gasteiger charge is -2.28. The van der Waals surface area contributed by atoms with Crippen molar-refractivity contribution in [2.24, 2.45) is 5.73 Å². The van der Waals surface area contributed by atoms with Gasteiger partial charge in [0.25, 0.3) is 34.4 Å². The van der Waals surface area contributed by atoms with E-state index in [-0.39, 0.29) is 50.3 Å². The molecule has 8 aromatic rings. The number of aromatic amines is 1. The molecule has 378 valence electrons. The third-order valence-electron chi connectivity index (χ3n) is 10.8. The number of nitrogen functional groups attached to an aromatic ring is 1. The van der Waals surface area contributed by atoms with E-state index in [0.29, 0.717) is 49.1 Å². The maximum atomic E-state index is 13.1. The SMILES string of the molecule is CC(=O)c1cccc(Cl)c1.CC1(c2cccc(Cl)c2)NC(=O)c2ccc(Cl)c(=O)n21.CC1(c2cccc(Cl)c2)NC(=O)c2ccc(Nc3ccncn3)c(=O)n21.NC(=O)c1ccc(Cl)c(=O)[nH]1.Nc1ccncn1. The predicted molar refractivity (Wildman–Crippen MR) is 284 cm³/mol. The van der Waals surface area contributed by atoms with Crippen molar-refractivity contribution in [2.45, 2.75) is 32.1 Å². The van der Waals surface area contributed by atoms with Gasteiger partial charge in [-0.25, -0.2) is 19.9 Å². The highest BCUT2D eigenvalue weighted by Crippen LogP contribution is 2.32. The molecule has 0 radical (unpaired) electrons. The summed E-state index contributed by atoms with van der Waals surface area (Å²) in [6.45, 7) is 5.03. The van der Waals surface area contributed by atoms with E-state index in [2.05, 4.69) is 40.9 Å². The van der Waals surface area contributed by atoms with Crippen molar-refractivity contribution in [3.05, 3.63) is 236 Å². The van der Waals surface area contributed by atoms with Gasteiger partial charge in [0.05, 0.1) is 0 Å². The summed E-state index contributed by atoms with van der Waals surface area (Å²) in [5.41, 5.74) is 9.77. The van der Waals surface area contributed by atoms with Crippen molar-refractivity contribution in [3.8, 4) is 0 Å². The number of nitrogens with one attached hydrogen (secondary N) is 4. The Morgan fingerprint density at radius 2 is 1.12 bits per heavy atom. The Kier molecular flexibility index (Phi) is 17.9. The summed E-state index contributed by atoms with van der Waals surface area (Å²) in [6, 6.07) is 33.1. The Morgan fingerprint density at radius 1 is 0.608 bits per heavy atom. The third kappa shape index (κ3) is 13.1. The summed E-state index contributed by atoms with van der Waals surface area (Å²) >= 11 is 29.0. The van der Waals surface area contributed by atoms with Gasteiger partial charge in [0, 0.05) is 33.0 Å². The molecule has 2 aliphatic rings. The zero-order chi connectivity index (χ0) is 53.9. The average molecular weight is 1100 g/mol. The standard InChI is InChI=1S/C18H14ClN5O2.C14H10Cl2N2O2.C8H7ClO.C6H5ClN2O2.C4H5N3/c1-18(11-3-2-4-12(19)9-11)23-16(25)14-6-5-13(17(26)24(14)18)22-15-7-8-20-10-21-15;1-14(8-3-2-4-9(15)7-8)17-12(19)11-6-5-10(16)13(20)18(11)14;1-6(10)7-3-2-4-8(9)5-7;7-3-1-2-4(5(8)10)9-6(3)11;5-4-1-2-6-3-7-4/h2-10H,1H3,(H,23,25)(H,20,21,22);2-7H,1H3,(H,17,19);2-5H,1H3;1-2H,(H2,8,10)(H,9,11);1-3H,(H2,5,6,7). The van der Waals surface area contributed by atoms with Crippen LogP contribution in [0.2, 0.25) is 25.1 Å². The number of anilines is 3. The number of primary amides is 1. The fraction of sp³-hybridized carbons (Fsp3) is 0.100. The second kappa shape index (κ2) is 24.0. The van der Waals surface area contributed by atoms with Crippen LogP contribution in [0.1, 0.15) is 73.7 Å². The average Bonchev–Trinajstić information content (AvgIpc) is 3.81. The lowest BCUT2D eigenvalue weighted by atomic mass is 10.0. The van der Waals surface area contributed by atoms with Gasteiger partial charge in [0.2, 0.25) is 0 Å². The number of Topliss-reactive ketones (excluding diaryl/α,β-unsaturated/α-hetero) is 1. The third-order valence-corrected chi connectivity index (χ3v) is 12.1. The highest BCUT2D eigenvalue weighted by Gasteiger charge is 2.42. The van der Waals surface area contributed by atoms with Crippen molar-refractivity contribution in [1.82, 2.24) is 44.7 Å². The number of aromatic nitrogens is 7. The van der Waals surface area contributed by atoms with Crippen LogP contribution in [0.15, 0.2) is 161 Å². The number of ketones is 1. The van der Waals surface area contributed by atoms with Gasteiger partial charge in [-0.1, -0.05) is 94.4 Å². The fourth-order valence-electron chi connectivity index (χ4n) is 7.17. The summed E-state index contributed by atoms with van der Waals surface area (Å²) in [5.74, 6) is -0.282. The Bertz CT molecular complexity index is 3580. The molecule has 2 atom stereocenters. The van der Waals surface area contributed by atoms with Crippen LogP contribution in [0.4, 0.5) is 17.3 Å². The number of carbonyl (C=O) groups is 4. The van der Waals surface area contributed by atoms with Crippen LogP contribution >= 0.6 is 58.0 Å². The first kappa shape index (κ1) is 55.1. The molecule has 0 bridgehead atoms.